The number of nitriles is 1. The van der Waals surface area contributed by atoms with Crippen LogP contribution in [0.1, 0.15) is 22.3 Å². The number of amides is 2. The summed E-state index contributed by atoms with van der Waals surface area (Å²) in [7, 11) is 3.80. The van der Waals surface area contributed by atoms with Crippen molar-refractivity contribution in [2.75, 3.05) is 33.7 Å². The van der Waals surface area contributed by atoms with Gasteiger partial charge in [-0.1, -0.05) is 30.0 Å². The second kappa shape index (κ2) is 11.1. The standard InChI is InChI=1S/C23H23F3N4O/c1-29(2)13-14-30(17-20-10-8-19(16-27)9-11-20)22(31)28-12-4-6-18-5-3-7-21(15-18)23(24,25)26/h3,5,7-11,15H,12-14,17H2,1-2H3,(H,28,31). The van der Waals surface area contributed by atoms with Gasteiger partial charge in [-0.15, -0.1) is 0 Å². The van der Waals surface area contributed by atoms with E-state index in [2.05, 4.69) is 23.2 Å². The van der Waals surface area contributed by atoms with Crippen LogP contribution >= 0.6 is 0 Å². The van der Waals surface area contributed by atoms with Crippen LogP contribution in [0.25, 0.3) is 0 Å². The molecule has 2 aromatic carbocycles. The van der Waals surface area contributed by atoms with Crippen molar-refractivity contribution in [3.05, 3.63) is 70.8 Å². The van der Waals surface area contributed by atoms with Crippen molar-refractivity contribution in [1.82, 2.24) is 15.1 Å². The molecule has 0 spiro atoms. The van der Waals surface area contributed by atoms with Gasteiger partial charge in [0.2, 0.25) is 0 Å². The third-order valence-corrected chi connectivity index (χ3v) is 4.31. The smallest absolute Gasteiger partial charge is 0.327 e. The number of nitrogens with one attached hydrogen (secondary N) is 1. The van der Waals surface area contributed by atoms with Gasteiger partial charge in [0.05, 0.1) is 23.7 Å². The Kier molecular flexibility index (Phi) is 8.48. The molecule has 0 aliphatic heterocycles. The van der Waals surface area contributed by atoms with Gasteiger partial charge in [0.1, 0.15) is 0 Å². The highest BCUT2D eigenvalue weighted by Gasteiger charge is 2.30. The molecule has 2 rings (SSSR count). The quantitative estimate of drug-likeness (QED) is 0.714. The van der Waals surface area contributed by atoms with E-state index < -0.39 is 11.7 Å². The summed E-state index contributed by atoms with van der Waals surface area (Å²) in [6.07, 6.45) is -4.43. The van der Waals surface area contributed by atoms with Gasteiger partial charge < -0.3 is 15.1 Å². The van der Waals surface area contributed by atoms with Crippen LogP contribution in [-0.2, 0) is 12.7 Å². The number of hydrogen-bond acceptors (Lipinski definition) is 3. The van der Waals surface area contributed by atoms with Gasteiger partial charge in [-0.25, -0.2) is 4.79 Å². The summed E-state index contributed by atoms with van der Waals surface area (Å²) < 4.78 is 38.3. The van der Waals surface area contributed by atoms with E-state index in [0.717, 1.165) is 17.7 Å². The number of halogens is 3. The second-order valence-electron chi connectivity index (χ2n) is 7.07. The summed E-state index contributed by atoms with van der Waals surface area (Å²) >= 11 is 0. The third-order valence-electron chi connectivity index (χ3n) is 4.31. The SMILES string of the molecule is CN(C)CCN(Cc1ccc(C#N)cc1)C(=O)NCC#Cc1cccc(C(F)(F)F)c1. The molecule has 2 aromatic rings. The van der Waals surface area contributed by atoms with E-state index in [1.165, 1.54) is 12.1 Å². The number of alkyl halides is 3. The first-order chi connectivity index (χ1) is 14.7. The van der Waals surface area contributed by atoms with Crippen LogP contribution in [0, 0.1) is 23.2 Å². The monoisotopic (exact) mass is 428 g/mol. The van der Waals surface area contributed by atoms with Gasteiger partial charge in [0.15, 0.2) is 0 Å². The lowest BCUT2D eigenvalue weighted by Crippen LogP contribution is -2.42. The number of rotatable bonds is 6. The molecule has 0 saturated heterocycles. The predicted octanol–water partition coefficient (Wildman–Crippen LogP) is 3.70. The molecule has 0 heterocycles. The molecular weight excluding hydrogens is 405 g/mol. The van der Waals surface area contributed by atoms with Gasteiger partial charge in [0.25, 0.3) is 0 Å². The van der Waals surface area contributed by atoms with Crippen LogP contribution < -0.4 is 5.32 Å². The lowest BCUT2D eigenvalue weighted by molar-refractivity contribution is -0.137. The van der Waals surface area contributed by atoms with E-state index in [1.54, 1.807) is 29.2 Å². The molecule has 0 unspecified atom stereocenters. The maximum absolute atomic E-state index is 12.8. The van der Waals surface area contributed by atoms with E-state index in [1.807, 2.05) is 19.0 Å². The topological polar surface area (TPSA) is 59.4 Å². The fourth-order valence-electron chi connectivity index (χ4n) is 2.63. The summed E-state index contributed by atoms with van der Waals surface area (Å²) in [6.45, 7) is 1.48. The third kappa shape index (κ3) is 8.04. The molecule has 0 bridgehead atoms. The summed E-state index contributed by atoms with van der Waals surface area (Å²) in [6, 6.07) is 13.4. The number of carbonyl (C=O) groups excluding carboxylic acids is 1. The second-order valence-corrected chi connectivity index (χ2v) is 7.07. The van der Waals surface area contributed by atoms with Crippen molar-refractivity contribution in [2.24, 2.45) is 0 Å². The number of likely N-dealkylation sites (N-methyl/N-ethyl adjacent to an activating group) is 1. The first kappa shape index (κ1) is 23.8. The van der Waals surface area contributed by atoms with E-state index in [9.17, 15) is 18.0 Å². The minimum absolute atomic E-state index is 0.000906. The Balaban J connectivity index is 2.00. The number of carbonyl (C=O) groups is 1. The maximum Gasteiger partial charge on any atom is 0.416 e. The van der Waals surface area contributed by atoms with Crippen molar-refractivity contribution in [3.63, 3.8) is 0 Å². The fourth-order valence-corrected chi connectivity index (χ4v) is 2.63. The highest BCUT2D eigenvalue weighted by molar-refractivity contribution is 5.74. The zero-order valence-corrected chi connectivity index (χ0v) is 17.3. The lowest BCUT2D eigenvalue weighted by Gasteiger charge is -2.24. The summed E-state index contributed by atoms with van der Waals surface area (Å²) in [5.41, 5.74) is 0.882. The molecule has 2 amide bonds. The van der Waals surface area contributed by atoms with Crippen LogP contribution in [0.15, 0.2) is 48.5 Å². The Hall–Kier alpha value is -3.49. The van der Waals surface area contributed by atoms with Crippen molar-refractivity contribution in [3.8, 4) is 17.9 Å². The first-order valence-corrected chi connectivity index (χ1v) is 9.51. The highest BCUT2D eigenvalue weighted by atomic mass is 19.4. The average Bonchev–Trinajstić information content (AvgIpc) is 2.74. The average molecular weight is 428 g/mol. The minimum Gasteiger partial charge on any atom is -0.327 e. The van der Waals surface area contributed by atoms with Crippen LogP contribution in [-0.4, -0.2) is 49.6 Å². The molecule has 0 saturated carbocycles. The number of urea groups is 1. The molecule has 31 heavy (non-hydrogen) atoms. The van der Waals surface area contributed by atoms with E-state index in [0.29, 0.717) is 25.2 Å². The Morgan fingerprint density at radius 2 is 1.77 bits per heavy atom. The highest BCUT2D eigenvalue weighted by Crippen LogP contribution is 2.29. The normalized spacial score (nSPS) is 10.7. The molecule has 1 N–H and O–H groups in total. The zero-order valence-electron chi connectivity index (χ0n) is 17.3. The molecule has 0 aliphatic carbocycles. The largest absolute Gasteiger partial charge is 0.416 e. The van der Waals surface area contributed by atoms with Gasteiger partial charge in [0, 0.05) is 25.2 Å². The summed E-state index contributed by atoms with van der Waals surface area (Å²) in [5, 5.41) is 11.6. The Morgan fingerprint density at radius 3 is 2.39 bits per heavy atom. The molecule has 162 valence electrons. The molecule has 0 fully saturated rings. The first-order valence-electron chi connectivity index (χ1n) is 9.51. The predicted molar refractivity (Wildman–Crippen MR) is 112 cm³/mol. The van der Waals surface area contributed by atoms with Gasteiger partial charge >= 0.3 is 12.2 Å². The Morgan fingerprint density at radius 1 is 1.06 bits per heavy atom. The van der Waals surface area contributed by atoms with E-state index in [4.69, 9.17) is 5.26 Å². The van der Waals surface area contributed by atoms with Crippen LogP contribution in [0.4, 0.5) is 18.0 Å². The van der Waals surface area contributed by atoms with Gasteiger partial charge in [-0.05, 0) is 50.0 Å². The van der Waals surface area contributed by atoms with Gasteiger partial charge in [-0.2, -0.15) is 18.4 Å². The molecule has 5 nitrogen and oxygen atoms in total. The van der Waals surface area contributed by atoms with Crippen LogP contribution in [0.2, 0.25) is 0 Å². The number of benzene rings is 2. The van der Waals surface area contributed by atoms with Crippen LogP contribution in [0.3, 0.4) is 0 Å². The Bertz CT molecular complexity index is 983. The summed E-state index contributed by atoms with van der Waals surface area (Å²) in [4.78, 5) is 16.2. The van der Waals surface area contributed by atoms with E-state index >= 15 is 0 Å². The molecular formula is C23H23F3N4O. The molecule has 8 heteroatoms. The van der Waals surface area contributed by atoms with Crippen molar-refractivity contribution in [2.45, 2.75) is 12.7 Å². The lowest BCUT2D eigenvalue weighted by atomic mass is 10.1. The zero-order chi connectivity index (χ0) is 22.9. The molecule has 0 aromatic heterocycles. The van der Waals surface area contributed by atoms with Crippen molar-refractivity contribution < 1.29 is 18.0 Å². The van der Waals surface area contributed by atoms with Gasteiger partial charge in [-0.3, -0.25) is 0 Å². The fraction of sp³-hybridized carbons (Fsp3) is 0.304. The molecule has 0 aliphatic rings. The van der Waals surface area contributed by atoms with Crippen molar-refractivity contribution >= 4 is 6.03 Å². The Labute approximate surface area is 180 Å². The molecule has 0 atom stereocenters. The maximum atomic E-state index is 12.8. The van der Waals surface area contributed by atoms with Crippen molar-refractivity contribution in [1.29, 1.82) is 5.26 Å². The van der Waals surface area contributed by atoms with Crippen LogP contribution in [0.5, 0.6) is 0 Å². The minimum atomic E-state index is -4.43. The molecule has 0 radical (unpaired) electrons. The summed E-state index contributed by atoms with van der Waals surface area (Å²) in [5.74, 6) is 5.33. The number of hydrogen-bond donors (Lipinski definition) is 1. The van der Waals surface area contributed by atoms with E-state index in [-0.39, 0.29) is 18.1 Å². The number of nitrogens with zero attached hydrogens (tertiary/aromatic N) is 3.